The van der Waals surface area contributed by atoms with E-state index >= 15 is 0 Å². The SMILES string of the molecule is C#Cc1c(F)ccc2cc(O)cc(Oc3nc4c(N5C[C@@H]6CC[C@H](C5)NC6)nc(OC[C@@]56CCCN5C[C@H](F)C6)nc4s3)c12.Cl. The first-order chi connectivity index (χ1) is 21.4. The van der Waals surface area contributed by atoms with Crippen LogP contribution in [0, 0.1) is 24.1 Å². The number of nitrogens with zero attached hydrogens (tertiary/aromatic N) is 5. The summed E-state index contributed by atoms with van der Waals surface area (Å²) >= 11 is 1.21. The van der Waals surface area contributed by atoms with Gasteiger partial charge in [-0.1, -0.05) is 23.3 Å². The van der Waals surface area contributed by atoms with Crippen molar-refractivity contribution in [2.24, 2.45) is 5.92 Å². The number of ether oxygens (including phenoxy) is 2. The lowest BCUT2D eigenvalue weighted by Gasteiger charge is -2.31. The lowest BCUT2D eigenvalue weighted by Crippen LogP contribution is -2.43. The van der Waals surface area contributed by atoms with E-state index < -0.39 is 12.0 Å². The lowest BCUT2D eigenvalue weighted by atomic mass is 9.95. The highest BCUT2D eigenvalue weighted by atomic mass is 35.5. The Morgan fingerprint density at radius 3 is 2.89 bits per heavy atom. The van der Waals surface area contributed by atoms with Crippen LogP contribution >= 0.6 is 23.7 Å². The largest absolute Gasteiger partial charge is 0.508 e. The second kappa shape index (κ2) is 11.7. The molecule has 7 heterocycles. The summed E-state index contributed by atoms with van der Waals surface area (Å²) in [6.07, 6.45) is 9.44. The predicted molar refractivity (Wildman–Crippen MR) is 171 cm³/mol. The number of phenols is 1. The van der Waals surface area contributed by atoms with Crippen LogP contribution in [0.5, 0.6) is 22.7 Å². The maximum absolute atomic E-state index is 14.7. The van der Waals surface area contributed by atoms with E-state index in [1.54, 1.807) is 6.07 Å². The number of halogens is 3. The van der Waals surface area contributed by atoms with Crippen molar-refractivity contribution >= 4 is 50.7 Å². The Kier molecular flexibility index (Phi) is 7.84. The van der Waals surface area contributed by atoms with Gasteiger partial charge in [0.1, 0.15) is 35.6 Å². The van der Waals surface area contributed by atoms with Crippen LogP contribution in [-0.2, 0) is 0 Å². The summed E-state index contributed by atoms with van der Waals surface area (Å²) in [5, 5.41) is 15.2. The maximum Gasteiger partial charge on any atom is 0.319 e. The number of terminal acetylenes is 1. The molecule has 13 heteroatoms. The Labute approximate surface area is 269 Å². The summed E-state index contributed by atoms with van der Waals surface area (Å²) < 4.78 is 41.6. The van der Waals surface area contributed by atoms with Crippen molar-refractivity contribution in [2.75, 3.05) is 44.2 Å². The zero-order valence-corrected chi connectivity index (χ0v) is 26.1. The first-order valence-electron chi connectivity index (χ1n) is 15.2. The van der Waals surface area contributed by atoms with Gasteiger partial charge >= 0.3 is 6.01 Å². The van der Waals surface area contributed by atoms with Crippen molar-refractivity contribution in [3.8, 4) is 35.0 Å². The number of rotatable bonds is 6. The van der Waals surface area contributed by atoms with Gasteiger partial charge in [-0.05, 0) is 62.2 Å². The van der Waals surface area contributed by atoms with Gasteiger partial charge in [-0.15, -0.1) is 18.8 Å². The number of nitrogens with one attached hydrogen (secondary N) is 1. The Hall–Kier alpha value is -3.50. The van der Waals surface area contributed by atoms with Gasteiger partial charge < -0.3 is 24.8 Å². The highest BCUT2D eigenvalue weighted by Crippen LogP contribution is 2.43. The van der Waals surface area contributed by atoms with E-state index in [2.05, 4.69) is 21.0 Å². The van der Waals surface area contributed by atoms with Crippen molar-refractivity contribution < 1.29 is 23.4 Å². The van der Waals surface area contributed by atoms with Crippen molar-refractivity contribution in [3.63, 3.8) is 0 Å². The Balaban J connectivity index is 0.00000325. The van der Waals surface area contributed by atoms with Gasteiger partial charge in [-0.3, -0.25) is 4.90 Å². The van der Waals surface area contributed by atoms with Gasteiger partial charge in [-0.25, -0.2) is 8.78 Å². The van der Waals surface area contributed by atoms with E-state index in [4.69, 9.17) is 30.8 Å². The number of piperidine rings is 1. The first kappa shape index (κ1) is 30.2. The molecule has 2 bridgehead atoms. The second-order valence-corrected chi connectivity index (χ2v) is 13.4. The van der Waals surface area contributed by atoms with Crippen LogP contribution in [0.1, 0.15) is 37.7 Å². The minimum Gasteiger partial charge on any atom is -0.508 e. The van der Waals surface area contributed by atoms with Gasteiger partial charge in [0.25, 0.3) is 5.19 Å². The van der Waals surface area contributed by atoms with Gasteiger partial charge in [0.05, 0.1) is 11.1 Å². The van der Waals surface area contributed by atoms with E-state index in [1.165, 1.54) is 29.5 Å². The summed E-state index contributed by atoms with van der Waals surface area (Å²) in [5.74, 6) is 3.16. The quantitative estimate of drug-likeness (QED) is 0.264. The molecule has 236 valence electrons. The number of fused-ring (bicyclic) bond motifs is 7. The Morgan fingerprint density at radius 2 is 2.07 bits per heavy atom. The Bertz CT molecular complexity index is 1800. The fourth-order valence-corrected chi connectivity index (χ4v) is 8.35. The molecule has 5 fully saturated rings. The molecular weight excluding hydrogens is 622 g/mol. The molecule has 9 rings (SSSR count). The average Bonchev–Trinajstić information content (AvgIpc) is 3.57. The van der Waals surface area contributed by atoms with Crippen molar-refractivity contribution in [1.29, 1.82) is 0 Å². The molecule has 0 unspecified atom stereocenters. The Morgan fingerprint density at radius 1 is 1.18 bits per heavy atom. The summed E-state index contributed by atoms with van der Waals surface area (Å²) in [4.78, 5) is 19.5. The van der Waals surface area contributed by atoms with Crippen molar-refractivity contribution in [2.45, 2.75) is 49.9 Å². The molecule has 2 aromatic carbocycles. The maximum atomic E-state index is 14.7. The highest BCUT2D eigenvalue weighted by Gasteiger charge is 2.49. The number of hydrogen-bond acceptors (Lipinski definition) is 10. The van der Waals surface area contributed by atoms with E-state index in [-0.39, 0.29) is 46.2 Å². The third-order valence-electron chi connectivity index (χ3n) is 9.63. The molecule has 9 nitrogen and oxygen atoms in total. The summed E-state index contributed by atoms with van der Waals surface area (Å²) in [6.45, 7) is 4.21. The highest BCUT2D eigenvalue weighted by molar-refractivity contribution is 7.19. The molecule has 5 saturated heterocycles. The predicted octanol–water partition coefficient (Wildman–Crippen LogP) is 5.42. The molecule has 2 N–H and O–H groups in total. The molecule has 5 aliphatic rings. The molecule has 4 atom stereocenters. The topological polar surface area (TPSA) is 95.9 Å². The summed E-state index contributed by atoms with van der Waals surface area (Å²) in [6, 6.07) is 6.31. The van der Waals surface area contributed by atoms with E-state index in [1.807, 2.05) is 0 Å². The minimum atomic E-state index is -0.851. The molecule has 2 aromatic heterocycles. The molecule has 0 amide bonds. The lowest BCUT2D eigenvalue weighted by molar-refractivity contribution is 0.107. The van der Waals surface area contributed by atoms with E-state index in [9.17, 15) is 13.9 Å². The van der Waals surface area contributed by atoms with Crippen LogP contribution in [0.25, 0.3) is 21.1 Å². The first-order valence-corrected chi connectivity index (χ1v) is 16.0. The number of phenolic OH excluding ortho intramolecular Hbond substituents is 1. The van der Waals surface area contributed by atoms with Crippen LogP contribution < -0.4 is 19.7 Å². The molecule has 0 spiro atoms. The van der Waals surface area contributed by atoms with Gasteiger partial charge in [0, 0.05) is 43.5 Å². The van der Waals surface area contributed by atoms with E-state index in [0.717, 1.165) is 51.9 Å². The van der Waals surface area contributed by atoms with Crippen molar-refractivity contribution in [3.05, 3.63) is 35.6 Å². The van der Waals surface area contributed by atoms with Crippen LogP contribution in [-0.4, -0.2) is 82.0 Å². The van der Waals surface area contributed by atoms with Crippen LogP contribution in [0.3, 0.4) is 0 Å². The average molecular weight is 655 g/mol. The normalized spacial score (nSPS) is 26.1. The number of benzene rings is 2. The number of aromatic hydroxyl groups is 1. The van der Waals surface area contributed by atoms with E-state index in [0.29, 0.717) is 58.5 Å². The fraction of sp³-hybridized carbons (Fsp3) is 0.469. The monoisotopic (exact) mass is 654 g/mol. The number of anilines is 1. The molecule has 5 aliphatic heterocycles. The molecule has 0 radical (unpaired) electrons. The van der Waals surface area contributed by atoms with Gasteiger partial charge in [-0.2, -0.15) is 15.0 Å². The number of alkyl halides is 1. The molecule has 0 saturated carbocycles. The summed E-state index contributed by atoms with van der Waals surface area (Å²) in [5.41, 5.74) is 0.299. The van der Waals surface area contributed by atoms with Gasteiger partial charge in [0.15, 0.2) is 10.6 Å². The molecule has 0 aliphatic carbocycles. The van der Waals surface area contributed by atoms with Crippen LogP contribution in [0.4, 0.5) is 14.6 Å². The number of hydrogen-bond donors (Lipinski definition) is 2. The van der Waals surface area contributed by atoms with Crippen LogP contribution in [0.2, 0.25) is 0 Å². The standard InChI is InChI=1S/C32H32F2N6O3S.ClH/c1-2-23-24(34)7-5-19-10-22(41)11-25(26(19)23)43-31-36-27-28(39-14-18-4-6-21(16-39)35-13-18)37-30(38-29(27)44-31)42-17-32-8-3-9-40(32)15-20(33)12-32;/h1,5,7,10-11,18,20-21,35,41H,3-4,6,8-9,12-17H2;1H/t18-,20-,21-,32+;/m1./s1. The molecular formula is C32H33ClF2N6O3S. The fourth-order valence-electron chi connectivity index (χ4n) is 7.56. The smallest absolute Gasteiger partial charge is 0.319 e. The van der Waals surface area contributed by atoms with Crippen molar-refractivity contribution in [1.82, 2.24) is 25.2 Å². The minimum absolute atomic E-state index is 0. The third-order valence-corrected chi connectivity index (χ3v) is 10.5. The molecule has 4 aromatic rings. The van der Waals surface area contributed by atoms with Crippen LogP contribution in [0.15, 0.2) is 24.3 Å². The zero-order chi connectivity index (χ0) is 30.0. The summed E-state index contributed by atoms with van der Waals surface area (Å²) in [7, 11) is 0. The van der Waals surface area contributed by atoms with Gasteiger partial charge in [0.2, 0.25) is 0 Å². The number of thiazole rings is 1. The zero-order valence-electron chi connectivity index (χ0n) is 24.5. The third kappa shape index (κ3) is 5.39. The molecule has 45 heavy (non-hydrogen) atoms. The number of aromatic nitrogens is 3. The second-order valence-electron chi connectivity index (χ2n) is 12.5.